The Labute approximate surface area is 140 Å². The average Bonchev–Trinajstić information content (AvgIpc) is 2.55. The van der Waals surface area contributed by atoms with Crippen molar-refractivity contribution in [2.24, 2.45) is 0 Å². The van der Waals surface area contributed by atoms with Crippen molar-refractivity contribution in [1.82, 2.24) is 19.9 Å². The van der Waals surface area contributed by atoms with Gasteiger partial charge in [-0.3, -0.25) is 9.59 Å². The predicted molar refractivity (Wildman–Crippen MR) is 88.1 cm³/mol. The Kier molecular flexibility index (Phi) is 4.02. The van der Waals surface area contributed by atoms with E-state index < -0.39 is 5.56 Å². The van der Waals surface area contributed by atoms with E-state index in [0.29, 0.717) is 21.7 Å². The summed E-state index contributed by atoms with van der Waals surface area (Å²) < 4.78 is 1.39. The van der Waals surface area contributed by atoms with Crippen LogP contribution in [0.3, 0.4) is 0 Å². The molecule has 0 spiro atoms. The third-order valence-corrected chi connectivity index (χ3v) is 3.84. The van der Waals surface area contributed by atoms with Crippen molar-refractivity contribution in [2.45, 2.75) is 0 Å². The second-order valence-electron chi connectivity index (χ2n) is 4.68. The van der Waals surface area contributed by atoms with Gasteiger partial charge in [-0.1, -0.05) is 23.2 Å². The summed E-state index contributed by atoms with van der Waals surface area (Å²) in [5.74, 6) is -0.280. The summed E-state index contributed by atoms with van der Waals surface area (Å²) in [6.07, 6.45) is 1.28. The van der Waals surface area contributed by atoms with E-state index in [1.165, 1.54) is 17.9 Å². The standard InChI is InChI=1S/C15H10Cl2N4O2/c1-18-14(22)8-2-3-10(16)9(6-8)13-11-4-5-12(17)20-21(11)7-19-15(13)23/h2-7H,1H3,(H,18,22). The van der Waals surface area contributed by atoms with E-state index in [2.05, 4.69) is 15.4 Å². The van der Waals surface area contributed by atoms with Crippen LogP contribution in [-0.2, 0) is 0 Å². The van der Waals surface area contributed by atoms with Crippen LogP contribution in [0, 0.1) is 0 Å². The first kappa shape index (κ1) is 15.5. The van der Waals surface area contributed by atoms with Crippen LogP contribution in [0.5, 0.6) is 0 Å². The van der Waals surface area contributed by atoms with Crippen LogP contribution in [0.15, 0.2) is 41.5 Å². The molecule has 3 aromatic rings. The zero-order chi connectivity index (χ0) is 16.6. The van der Waals surface area contributed by atoms with Gasteiger partial charge >= 0.3 is 0 Å². The smallest absolute Gasteiger partial charge is 0.281 e. The number of fused-ring (bicyclic) bond motifs is 1. The summed E-state index contributed by atoms with van der Waals surface area (Å²) in [6, 6.07) is 7.91. The number of hydrogen-bond acceptors (Lipinski definition) is 4. The highest BCUT2D eigenvalue weighted by molar-refractivity contribution is 6.33. The zero-order valence-corrected chi connectivity index (χ0v) is 13.4. The summed E-state index contributed by atoms with van der Waals surface area (Å²) in [4.78, 5) is 27.9. The van der Waals surface area contributed by atoms with Crippen LogP contribution in [0.4, 0.5) is 0 Å². The fourth-order valence-electron chi connectivity index (χ4n) is 2.24. The molecule has 0 unspecified atom stereocenters. The topological polar surface area (TPSA) is 76.4 Å². The maximum Gasteiger partial charge on any atom is 0.281 e. The highest BCUT2D eigenvalue weighted by Gasteiger charge is 2.16. The Hall–Kier alpha value is -2.44. The molecule has 0 aliphatic heterocycles. The summed E-state index contributed by atoms with van der Waals surface area (Å²) in [7, 11) is 1.52. The second-order valence-corrected chi connectivity index (χ2v) is 5.48. The normalized spacial score (nSPS) is 10.7. The van der Waals surface area contributed by atoms with Gasteiger partial charge in [0.25, 0.3) is 11.5 Å². The summed E-state index contributed by atoms with van der Waals surface area (Å²) in [5, 5.41) is 7.19. The van der Waals surface area contributed by atoms with Gasteiger partial charge in [0.15, 0.2) is 0 Å². The number of aromatic nitrogens is 3. The van der Waals surface area contributed by atoms with Crippen LogP contribution in [0.1, 0.15) is 10.4 Å². The maximum atomic E-state index is 12.3. The number of hydrogen-bond donors (Lipinski definition) is 1. The van der Waals surface area contributed by atoms with Crippen LogP contribution < -0.4 is 10.9 Å². The average molecular weight is 349 g/mol. The molecule has 1 amide bonds. The van der Waals surface area contributed by atoms with Gasteiger partial charge in [0.05, 0.1) is 11.1 Å². The van der Waals surface area contributed by atoms with E-state index in [-0.39, 0.29) is 16.6 Å². The fraction of sp³-hybridized carbons (Fsp3) is 0.0667. The molecule has 2 aromatic heterocycles. The molecule has 0 saturated carbocycles. The summed E-state index contributed by atoms with van der Waals surface area (Å²) in [6.45, 7) is 0. The van der Waals surface area contributed by atoms with Crippen LogP contribution in [0.2, 0.25) is 10.2 Å². The number of rotatable bonds is 2. The molecule has 0 atom stereocenters. The number of carbonyl (C=O) groups excluding carboxylic acids is 1. The molecular formula is C15H10Cl2N4O2. The molecule has 2 heterocycles. The third kappa shape index (κ3) is 2.78. The lowest BCUT2D eigenvalue weighted by molar-refractivity contribution is 0.0963. The van der Waals surface area contributed by atoms with Gasteiger partial charge in [0.1, 0.15) is 11.5 Å². The minimum absolute atomic E-state index is 0.257. The Bertz CT molecular complexity index is 985. The third-order valence-electron chi connectivity index (χ3n) is 3.31. The van der Waals surface area contributed by atoms with Gasteiger partial charge in [0, 0.05) is 23.2 Å². The minimum Gasteiger partial charge on any atom is -0.355 e. The van der Waals surface area contributed by atoms with Crippen molar-refractivity contribution < 1.29 is 4.79 Å². The molecule has 8 heteroatoms. The van der Waals surface area contributed by atoms with Gasteiger partial charge in [-0.25, -0.2) is 4.52 Å². The molecule has 0 aliphatic carbocycles. The van der Waals surface area contributed by atoms with E-state index in [0.717, 1.165) is 0 Å². The number of amides is 1. The maximum absolute atomic E-state index is 12.3. The number of nitrogens with zero attached hydrogens (tertiary/aromatic N) is 3. The van der Waals surface area contributed by atoms with Crippen molar-refractivity contribution in [3.8, 4) is 11.1 Å². The Morgan fingerprint density at radius 2 is 2.00 bits per heavy atom. The predicted octanol–water partition coefficient (Wildman–Crippen LogP) is 2.42. The molecule has 0 bridgehead atoms. The van der Waals surface area contributed by atoms with E-state index in [1.54, 1.807) is 30.3 Å². The minimum atomic E-state index is -0.468. The molecule has 23 heavy (non-hydrogen) atoms. The quantitative estimate of drug-likeness (QED) is 0.771. The van der Waals surface area contributed by atoms with Crippen LogP contribution in [-0.4, -0.2) is 27.6 Å². The molecule has 0 radical (unpaired) electrons. The van der Waals surface area contributed by atoms with Crippen molar-refractivity contribution in [3.63, 3.8) is 0 Å². The first-order chi connectivity index (χ1) is 11.0. The van der Waals surface area contributed by atoms with Crippen LogP contribution >= 0.6 is 23.2 Å². The summed E-state index contributed by atoms with van der Waals surface area (Å²) >= 11 is 12.1. The van der Waals surface area contributed by atoms with Gasteiger partial charge < -0.3 is 5.32 Å². The van der Waals surface area contributed by atoms with Crippen molar-refractivity contribution in [1.29, 1.82) is 0 Å². The lowest BCUT2D eigenvalue weighted by Gasteiger charge is -2.09. The van der Waals surface area contributed by atoms with Gasteiger partial charge in [-0.05, 0) is 30.3 Å². The highest BCUT2D eigenvalue weighted by atomic mass is 35.5. The first-order valence-electron chi connectivity index (χ1n) is 6.57. The lowest BCUT2D eigenvalue weighted by Crippen LogP contribution is -2.18. The molecular weight excluding hydrogens is 339 g/mol. The monoisotopic (exact) mass is 348 g/mol. The van der Waals surface area contributed by atoms with Crippen molar-refractivity contribution >= 4 is 34.6 Å². The second kappa shape index (κ2) is 5.98. The summed E-state index contributed by atoms with van der Waals surface area (Å²) in [5.41, 5.74) is 1.07. The Morgan fingerprint density at radius 1 is 1.22 bits per heavy atom. The Balaban J connectivity index is 2.34. The molecule has 1 aromatic carbocycles. The van der Waals surface area contributed by atoms with Gasteiger partial charge in [0.2, 0.25) is 0 Å². The number of nitrogens with one attached hydrogen (secondary N) is 1. The van der Waals surface area contributed by atoms with Crippen LogP contribution in [0.25, 0.3) is 16.6 Å². The molecule has 1 N–H and O–H groups in total. The number of benzene rings is 1. The molecule has 0 saturated heterocycles. The molecule has 0 aliphatic rings. The first-order valence-corrected chi connectivity index (χ1v) is 7.33. The van der Waals surface area contributed by atoms with Gasteiger partial charge in [-0.15, -0.1) is 0 Å². The van der Waals surface area contributed by atoms with Gasteiger partial charge in [-0.2, -0.15) is 10.1 Å². The largest absolute Gasteiger partial charge is 0.355 e. The van der Waals surface area contributed by atoms with E-state index in [1.807, 2.05) is 0 Å². The SMILES string of the molecule is CNC(=O)c1ccc(Cl)c(-c2c(=O)ncn3nc(Cl)ccc23)c1. The Morgan fingerprint density at radius 3 is 2.74 bits per heavy atom. The molecule has 6 nitrogen and oxygen atoms in total. The van der Waals surface area contributed by atoms with E-state index >= 15 is 0 Å². The van der Waals surface area contributed by atoms with E-state index in [4.69, 9.17) is 23.2 Å². The number of halogens is 2. The zero-order valence-electron chi connectivity index (χ0n) is 11.9. The lowest BCUT2D eigenvalue weighted by atomic mass is 10.0. The van der Waals surface area contributed by atoms with E-state index in [9.17, 15) is 9.59 Å². The highest BCUT2D eigenvalue weighted by Crippen LogP contribution is 2.29. The number of carbonyl (C=O) groups is 1. The molecule has 116 valence electrons. The van der Waals surface area contributed by atoms with Crippen molar-refractivity contribution in [3.05, 3.63) is 62.8 Å². The molecule has 0 fully saturated rings. The molecule has 3 rings (SSSR count). The van der Waals surface area contributed by atoms with Crippen molar-refractivity contribution in [2.75, 3.05) is 7.05 Å². The fourth-order valence-corrected chi connectivity index (χ4v) is 2.59.